The molecule has 4 nitrogen and oxygen atoms in total. The molecule has 0 amide bonds. The molecule has 0 spiro atoms. The molecule has 4 aliphatic carbocycles. The van der Waals surface area contributed by atoms with Gasteiger partial charge in [0.05, 0.1) is 11.5 Å². The second-order valence-electron chi connectivity index (χ2n) is 11.0. The number of rotatable bonds is 2. The lowest BCUT2D eigenvalue weighted by molar-refractivity contribution is -0.155. The highest BCUT2D eigenvalue weighted by molar-refractivity contribution is 6.69. The minimum atomic E-state index is -2.00. The molecule has 0 radical (unpaired) electrons. The van der Waals surface area contributed by atoms with Gasteiger partial charge in [-0.2, -0.15) is 5.26 Å². The van der Waals surface area contributed by atoms with Crippen LogP contribution in [0.1, 0.15) is 58.8 Å². The van der Waals surface area contributed by atoms with Crippen LogP contribution in [0.2, 0.25) is 19.6 Å². The molecule has 3 fully saturated rings. The molecular weight excluding hydrogens is 366 g/mol. The molecule has 0 aromatic rings. The van der Waals surface area contributed by atoms with Crippen LogP contribution in [0.5, 0.6) is 0 Å². The second kappa shape index (κ2) is 6.12. The van der Waals surface area contributed by atoms with Gasteiger partial charge in [0.15, 0.2) is 13.9 Å². The average Bonchev–Trinajstić information content (AvgIpc) is 2.88. The van der Waals surface area contributed by atoms with E-state index in [1.165, 1.54) is 5.57 Å². The van der Waals surface area contributed by atoms with Crippen molar-refractivity contribution in [3.8, 4) is 6.07 Å². The lowest BCUT2D eigenvalue weighted by Crippen LogP contribution is -2.61. The fourth-order valence-corrected chi connectivity index (χ4v) is 8.58. The summed E-state index contributed by atoms with van der Waals surface area (Å²) in [6.45, 7) is 10.5. The van der Waals surface area contributed by atoms with E-state index in [-0.39, 0.29) is 23.0 Å². The number of carbonyl (C=O) groups excluding carboxylic acids is 2. The van der Waals surface area contributed by atoms with Crippen LogP contribution in [0.3, 0.4) is 0 Å². The zero-order valence-corrected chi connectivity index (χ0v) is 18.9. The Morgan fingerprint density at radius 2 is 1.89 bits per heavy atom. The molecule has 28 heavy (non-hydrogen) atoms. The topological polar surface area (TPSA) is 67.2 Å². The molecule has 4 aliphatic rings. The van der Waals surface area contributed by atoms with Crippen molar-refractivity contribution in [3.05, 3.63) is 11.6 Å². The molecule has 0 heterocycles. The molecule has 152 valence electrons. The highest BCUT2D eigenvalue weighted by Crippen LogP contribution is 2.66. The zero-order chi connectivity index (χ0) is 20.5. The highest BCUT2D eigenvalue weighted by Gasteiger charge is 2.69. The lowest BCUT2D eigenvalue weighted by Gasteiger charge is -2.57. The van der Waals surface area contributed by atoms with Crippen molar-refractivity contribution in [2.24, 2.45) is 28.6 Å². The number of hydrogen-bond donors (Lipinski definition) is 0. The van der Waals surface area contributed by atoms with Crippen molar-refractivity contribution < 1.29 is 14.0 Å². The van der Waals surface area contributed by atoms with Gasteiger partial charge in [0.2, 0.25) is 0 Å². The third kappa shape index (κ3) is 2.57. The third-order valence-electron chi connectivity index (χ3n) is 8.49. The number of fused-ring (bicyclic) bond motifs is 5. The molecule has 5 heteroatoms. The molecule has 0 N–H and O–H groups in total. The van der Waals surface area contributed by atoms with Gasteiger partial charge in [-0.15, -0.1) is 0 Å². The van der Waals surface area contributed by atoms with Gasteiger partial charge in [-0.25, -0.2) is 0 Å². The molecule has 0 aromatic carbocycles. The first-order valence-electron chi connectivity index (χ1n) is 10.8. The Kier molecular flexibility index (Phi) is 4.38. The van der Waals surface area contributed by atoms with Crippen LogP contribution in [0.15, 0.2) is 11.6 Å². The second-order valence-corrected chi connectivity index (χ2v) is 15.4. The van der Waals surface area contributed by atoms with Gasteiger partial charge in [0.1, 0.15) is 11.6 Å². The Balaban J connectivity index is 1.76. The molecule has 0 unspecified atom stereocenters. The van der Waals surface area contributed by atoms with Gasteiger partial charge >= 0.3 is 0 Å². The van der Waals surface area contributed by atoms with Crippen LogP contribution < -0.4 is 0 Å². The van der Waals surface area contributed by atoms with Crippen molar-refractivity contribution in [2.75, 3.05) is 0 Å². The Bertz CT molecular complexity index is 806. The van der Waals surface area contributed by atoms with Crippen molar-refractivity contribution in [3.63, 3.8) is 0 Å². The van der Waals surface area contributed by atoms with Crippen LogP contribution >= 0.6 is 0 Å². The minimum absolute atomic E-state index is 0.168. The Labute approximate surface area is 169 Å². The molecular formula is C23H33NO3Si. The molecule has 0 aromatic heterocycles. The fraction of sp³-hybridized carbons (Fsp3) is 0.783. The first-order valence-corrected chi connectivity index (χ1v) is 14.2. The summed E-state index contributed by atoms with van der Waals surface area (Å²) in [4.78, 5) is 26.0. The Morgan fingerprint density at radius 1 is 1.18 bits per heavy atom. The summed E-state index contributed by atoms with van der Waals surface area (Å²) in [5.41, 5.74) is -0.499. The summed E-state index contributed by atoms with van der Waals surface area (Å²) in [6.07, 6.45) is 7.43. The summed E-state index contributed by atoms with van der Waals surface area (Å²) in [6, 6.07) is 2.49. The van der Waals surface area contributed by atoms with Crippen LogP contribution in [0.25, 0.3) is 0 Å². The molecule has 3 saturated carbocycles. The zero-order valence-electron chi connectivity index (χ0n) is 17.9. The third-order valence-corrected chi connectivity index (χ3v) is 9.45. The van der Waals surface area contributed by atoms with E-state index in [1.807, 2.05) is 6.92 Å². The lowest BCUT2D eigenvalue weighted by atomic mass is 9.46. The fourth-order valence-electron chi connectivity index (χ4n) is 7.18. The highest BCUT2D eigenvalue weighted by atomic mass is 28.4. The van der Waals surface area contributed by atoms with Gasteiger partial charge in [-0.1, -0.05) is 18.6 Å². The SMILES string of the molecule is C[C@@]12CC(=O)CCC1=CC[C@H]1[C@H]2CC(=O)[C@]2(C)[C@@H]1CC[C@]2(C#N)O[Si](C)(C)C. The normalized spacial score (nSPS) is 45.6. The number of nitrogens with zero attached hydrogens (tertiary/aromatic N) is 1. The predicted molar refractivity (Wildman–Crippen MR) is 110 cm³/mol. The van der Waals surface area contributed by atoms with E-state index >= 15 is 0 Å². The van der Waals surface area contributed by atoms with E-state index in [4.69, 9.17) is 4.43 Å². The van der Waals surface area contributed by atoms with Gasteiger partial charge in [0, 0.05) is 19.3 Å². The van der Waals surface area contributed by atoms with Crippen LogP contribution in [0, 0.1) is 39.9 Å². The first-order chi connectivity index (χ1) is 13.0. The number of nitriles is 1. The summed E-state index contributed by atoms with van der Waals surface area (Å²) in [7, 11) is -2.00. The van der Waals surface area contributed by atoms with Gasteiger partial charge < -0.3 is 4.43 Å². The van der Waals surface area contributed by atoms with E-state index in [2.05, 4.69) is 38.7 Å². The number of allylic oxidation sites excluding steroid dienone is 2. The maximum absolute atomic E-state index is 13.7. The summed E-state index contributed by atoms with van der Waals surface area (Å²) in [5.74, 6) is 1.28. The van der Waals surface area contributed by atoms with Crippen LogP contribution in [-0.2, 0) is 14.0 Å². The van der Waals surface area contributed by atoms with Gasteiger partial charge in [-0.05, 0) is 75.4 Å². The Hall–Kier alpha value is -1.25. The summed E-state index contributed by atoms with van der Waals surface area (Å²) >= 11 is 0. The van der Waals surface area contributed by atoms with Gasteiger partial charge in [-0.3, -0.25) is 9.59 Å². The van der Waals surface area contributed by atoms with E-state index in [0.717, 1.165) is 19.3 Å². The number of Topliss-reactive ketones (excluding diaryl/α,β-unsaturated/α-hetero) is 2. The molecule has 4 rings (SSSR count). The molecule has 0 aliphatic heterocycles. The maximum Gasteiger partial charge on any atom is 0.185 e. The quantitative estimate of drug-likeness (QED) is 0.493. The number of ketones is 2. The van der Waals surface area contributed by atoms with Crippen LogP contribution in [-0.4, -0.2) is 25.5 Å². The van der Waals surface area contributed by atoms with Crippen molar-refractivity contribution in [1.82, 2.24) is 0 Å². The first kappa shape index (κ1) is 20.0. The largest absolute Gasteiger partial charge is 0.399 e. The van der Waals surface area contributed by atoms with Gasteiger partial charge in [0.25, 0.3) is 0 Å². The van der Waals surface area contributed by atoms with E-state index < -0.39 is 19.3 Å². The maximum atomic E-state index is 13.7. The molecule has 6 atom stereocenters. The smallest absolute Gasteiger partial charge is 0.185 e. The standard InChI is InChI=1S/C23H33NO3Si/c1-21-13-16(25)8-6-15(21)7-9-17-18-10-11-23(14-24,27-28(3,4)5)22(18,2)20(26)12-19(17)21/h7,17-19H,6,8-13H2,1-5H3/t17-,18-,19-,21-,22+,23-/m1/s1. The van der Waals surface area contributed by atoms with Crippen molar-refractivity contribution >= 4 is 19.9 Å². The van der Waals surface area contributed by atoms with Crippen molar-refractivity contribution in [2.45, 2.75) is 84.0 Å². The number of hydrogen-bond acceptors (Lipinski definition) is 4. The molecule has 0 bridgehead atoms. The van der Waals surface area contributed by atoms with E-state index in [0.29, 0.717) is 37.4 Å². The van der Waals surface area contributed by atoms with Crippen molar-refractivity contribution in [1.29, 1.82) is 5.26 Å². The molecule has 0 saturated heterocycles. The summed E-state index contributed by atoms with van der Waals surface area (Å²) in [5, 5.41) is 10.2. The van der Waals surface area contributed by atoms with E-state index in [1.54, 1.807) is 0 Å². The predicted octanol–water partition coefficient (Wildman–Crippen LogP) is 4.81. The minimum Gasteiger partial charge on any atom is -0.399 e. The van der Waals surface area contributed by atoms with Crippen LogP contribution in [0.4, 0.5) is 0 Å². The monoisotopic (exact) mass is 399 g/mol. The Morgan fingerprint density at radius 3 is 2.54 bits per heavy atom. The number of carbonyl (C=O) groups is 2. The summed E-state index contributed by atoms with van der Waals surface area (Å²) < 4.78 is 6.49. The van der Waals surface area contributed by atoms with E-state index in [9.17, 15) is 14.9 Å². The average molecular weight is 400 g/mol.